The van der Waals surface area contributed by atoms with Gasteiger partial charge in [0.1, 0.15) is 0 Å². The molecule has 2 heteroatoms. The smallest absolute Gasteiger partial charge is 0.0244 e. The quantitative estimate of drug-likeness (QED) is 0.660. The highest BCUT2D eigenvalue weighted by Gasteiger charge is 2.35. The van der Waals surface area contributed by atoms with E-state index in [1.54, 1.807) is 0 Å². The highest BCUT2D eigenvalue weighted by atomic mass is 15.2. The number of nitrogens with zero attached hydrogens (tertiary/aromatic N) is 1. The summed E-state index contributed by atoms with van der Waals surface area (Å²) >= 11 is 0. The van der Waals surface area contributed by atoms with Crippen LogP contribution in [0.25, 0.3) is 0 Å². The van der Waals surface area contributed by atoms with Crippen molar-refractivity contribution in [2.75, 3.05) is 19.6 Å². The molecule has 1 saturated heterocycles. The van der Waals surface area contributed by atoms with Gasteiger partial charge in [0, 0.05) is 31.7 Å². The van der Waals surface area contributed by atoms with Crippen LogP contribution >= 0.6 is 0 Å². The first kappa shape index (κ1) is 9.47. The molecule has 1 unspecified atom stereocenters. The molecule has 1 saturated carbocycles. The third-order valence-corrected chi connectivity index (χ3v) is 3.32. The molecule has 0 amide bonds. The molecule has 2 fully saturated rings. The zero-order valence-corrected chi connectivity index (χ0v) is 9.14. The standard InChI is InChI=1S/C11H22N2/c1-11(2,3)10-8-13(7-6-12-10)9-4-5-9/h9-10,12H,4-8H2,1-3H3. The van der Waals surface area contributed by atoms with Gasteiger partial charge in [0.05, 0.1) is 0 Å². The van der Waals surface area contributed by atoms with E-state index >= 15 is 0 Å². The lowest BCUT2D eigenvalue weighted by Crippen LogP contribution is -2.56. The molecule has 2 rings (SSSR count). The largest absolute Gasteiger partial charge is 0.311 e. The highest BCUT2D eigenvalue weighted by Crippen LogP contribution is 2.30. The average molecular weight is 182 g/mol. The van der Waals surface area contributed by atoms with Gasteiger partial charge in [-0.3, -0.25) is 4.90 Å². The van der Waals surface area contributed by atoms with Crippen molar-refractivity contribution in [3.8, 4) is 0 Å². The van der Waals surface area contributed by atoms with E-state index in [0.29, 0.717) is 11.5 Å². The Morgan fingerprint density at radius 3 is 2.46 bits per heavy atom. The van der Waals surface area contributed by atoms with Crippen LogP contribution in [0.15, 0.2) is 0 Å². The summed E-state index contributed by atoms with van der Waals surface area (Å²) in [4.78, 5) is 2.67. The maximum absolute atomic E-state index is 3.63. The number of hydrogen-bond acceptors (Lipinski definition) is 2. The molecule has 1 atom stereocenters. The molecule has 1 heterocycles. The topological polar surface area (TPSA) is 15.3 Å². The molecule has 1 aliphatic carbocycles. The fraction of sp³-hybridized carbons (Fsp3) is 1.00. The summed E-state index contributed by atoms with van der Waals surface area (Å²) in [5.74, 6) is 0. The molecule has 2 nitrogen and oxygen atoms in total. The monoisotopic (exact) mass is 182 g/mol. The van der Waals surface area contributed by atoms with Crippen molar-refractivity contribution in [3.05, 3.63) is 0 Å². The second-order valence-electron chi connectivity index (χ2n) is 5.60. The van der Waals surface area contributed by atoms with Crippen LogP contribution < -0.4 is 5.32 Å². The second kappa shape index (κ2) is 3.25. The van der Waals surface area contributed by atoms with Gasteiger partial charge in [0.2, 0.25) is 0 Å². The number of nitrogens with one attached hydrogen (secondary N) is 1. The summed E-state index contributed by atoms with van der Waals surface area (Å²) in [7, 11) is 0. The Kier molecular flexibility index (Phi) is 2.37. The number of hydrogen-bond donors (Lipinski definition) is 1. The molecule has 76 valence electrons. The lowest BCUT2D eigenvalue weighted by atomic mass is 9.85. The molecule has 1 aliphatic heterocycles. The zero-order chi connectivity index (χ0) is 9.47. The Hall–Kier alpha value is -0.0800. The normalized spacial score (nSPS) is 32.1. The molecular formula is C11H22N2. The van der Waals surface area contributed by atoms with Crippen molar-refractivity contribution >= 4 is 0 Å². The fourth-order valence-corrected chi connectivity index (χ4v) is 2.12. The van der Waals surface area contributed by atoms with Crippen LogP contribution in [0.3, 0.4) is 0 Å². The number of rotatable bonds is 1. The van der Waals surface area contributed by atoms with Crippen LogP contribution in [0.2, 0.25) is 0 Å². The van der Waals surface area contributed by atoms with Crippen LogP contribution in [0.5, 0.6) is 0 Å². The van der Waals surface area contributed by atoms with Crippen molar-refractivity contribution in [1.82, 2.24) is 10.2 Å². The second-order valence-corrected chi connectivity index (χ2v) is 5.60. The van der Waals surface area contributed by atoms with Gasteiger partial charge in [-0.15, -0.1) is 0 Å². The maximum Gasteiger partial charge on any atom is 0.0244 e. The lowest BCUT2D eigenvalue weighted by Gasteiger charge is -2.40. The Morgan fingerprint density at radius 2 is 1.92 bits per heavy atom. The van der Waals surface area contributed by atoms with Gasteiger partial charge in [-0.2, -0.15) is 0 Å². The van der Waals surface area contributed by atoms with Crippen LogP contribution in [0.1, 0.15) is 33.6 Å². The van der Waals surface area contributed by atoms with Crippen molar-refractivity contribution in [1.29, 1.82) is 0 Å². The SMILES string of the molecule is CC(C)(C)C1CN(C2CC2)CCN1. The molecular weight excluding hydrogens is 160 g/mol. The van der Waals surface area contributed by atoms with Crippen molar-refractivity contribution < 1.29 is 0 Å². The molecule has 0 spiro atoms. The first-order valence-corrected chi connectivity index (χ1v) is 5.55. The van der Waals surface area contributed by atoms with Gasteiger partial charge >= 0.3 is 0 Å². The Labute approximate surface area is 81.7 Å². The molecule has 0 aromatic rings. The zero-order valence-electron chi connectivity index (χ0n) is 9.14. The summed E-state index contributed by atoms with van der Waals surface area (Å²) in [6.07, 6.45) is 2.88. The molecule has 2 aliphatic rings. The lowest BCUT2D eigenvalue weighted by molar-refractivity contribution is 0.128. The van der Waals surface area contributed by atoms with Gasteiger partial charge in [0.25, 0.3) is 0 Å². The minimum absolute atomic E-state index is 0.410. The summed E-state index contributed by atoms with van der Waals surface area (Å²) in [5, 5.41) is 3.63. The first-order chi connectivity index (χ1) is 6.07. The van der Waals surface area contributed by atoms with E-state index in [0.717, 1.165) is 6.04 Å². The minimum atomic E-state index is 0.410. The summed E-state index contributed by atoms with van der Waals surface area (Å²) in [6.45, 7) is 10.7. The van der Waals surface area contributed by atoms with Crippen LogP contribution in [-0.4, -0.2) is 36.6 Å². The molecule has 0 aromatic carbocycles. The number of piperazine rings is 1. The van der Waals surface area contributed by atoms with Gasteiger partial charge in [-0.1, -0.05) is 20.8 Å². The van der Waals surface area contributed by atoms with Gasteiger partial charge < -0.3 is 5.32 Å². The Morgan fingerprint density at radius 1 is 1.23 bits per heavy atom. The summed E-state index contributed by atoms with van der Waals surface area (Å²) in [5.41, 5.74) is 0.410. The fourth-order valence-electron chi connectivity index (χ4n) is 2.12. The predicted molar refractivity (Wildman–Crippen MR) is 55.8 cm³/mol. The van der Waals surface area contributed by atoms with E-state index in [-0.39, 0.29) is 0 Å². The van der Waals surface area contributed by atoms with Crippen molar-refractivity contribution in [2.24, 2.45) is 5.41 Å². The highest BCUT2D eigenvalue weighted by molar-refractivity contribution is 4.93. The van der Waals surface area contributed by atoms with Gasteiger partial charge in [-0.25, -0.2) is 0 Å². The Bertz CT molecular complexity index is 179. The first-order valence-electron chi connectivity index (χ1n) is 5.55. The molecule has 0 radical (unpaired) electrons. The molecule has 13 heavy (non-hydrogen) atoms. The van der Waals surface area contributed by atoms with Crippen LogP contribution in [0.4, 0.5) is 0 Å². The van der Waals surface area contributed by atoms with E-state index in [4.69, 9.17) is 0 Å². The van der Waals surface area contributed by atoms with E-state index in [1.807, 2.05) is 0 Å². The van der Waals surface area contributed by atoms with E-state index in [9.17, 15) is 0 Å². The van der Waals surface area contributed by atoms with Crippen molar-refractivity contribution in [3.63, 3.8) is 0 Å². The van der Waals surface area contributed by atoms with E-state index < -0.39 is 0 Å². The Balaban J connectivity index is 1.91. The van der Waals surface area contributed by atoms with E-state index in [1.165, 1.54) is 32.5 Å². The maximum atomic E-state index is 3.63. The van der Waals surface area contributed by atoms with Crippen LogP contribution in [0, 0.1) is 5.41 Å². The third kappa shape index (κ3) is 2.23. The average Bonchev–Trinajstić information content (AvgIpc) is 2.85. The molecule has 1 N–H and O–H groups in total. The van der Waals surface area contributed by atoms with Gasteiger partial charge in [0.15, 0.2) is 0 Å². The van der Waals surface area contributed by atoms with Crippen LogP contribution in [-0.2, 0) is 0 Å². The molecule has 0 bridgehead atoms. The van der Waals surface area contributed by atoms with Crippen molar-refractivity contribution in [2.45, 2.75) is 45.7 Å². The summed E-state index contributed by atoms with van der Waals surface area (Å²) < 4.78 is 0. The minimum Gasteiger partial charge on any atom is -0.311 e. The van der Waals surface area contributed by atoms with E-state index in [2.05, 4.69) is 31.0 Å². The van der Waals surface area contributed by atoms with Gasteiger partial charge in [-0.05, 0) is 18.3 Å². The molecule has 0 aromatic heterocycles. The predicted octanol–water partition coefficient (Wildman–Crippen LogP) is 1.47. The summed E-state index contributed by atoms with van der Waals surface area (Å²) in [6, 6.07) is 1.62. The third-order valence-electron chi connectivity index (χ3n) is 3.32.